The number of ether oxygens (including phenoxy) is 1. The van der Waals surface area contributed by atoms with Crippen LogP contribution >= 0.6 is 0 Å². The molecule has 5 heteroatoms. The number of hydrogen-bond acceptors (Lipinski definition) is 3. The molecule has 0 heterocycles. The first-order chi connectivity index (χ1) is 8.22. The van der Waals surface area contributed by atoms with Crippen LogP contribution in [0.15, 0.2) is 29.4 Å². The number of carbonyl (C=O) groups is 1. The average Bonchev–Trinajstić information content (AvgIpc) is 2.29. The van der Waals surface area contributed by atoms with Crippen molar-refractivity contribution in [2.24, 2.45) is 10.8 Å². The van der Waals surface area contributed by atoms with Crippen molar-refractivity contribution in [2.45, 2.75) is 19.8 Å². The van der Waals surface area contributed by atoms with E-state index in [4.69, 9.17) is 10.5 Å². The topological polar surface area (TPSA) is 76.7 Å². The standard InChI is InChI=1S/C12H17N3O2/c1-2-3-7-17-11-6-4-5-10(8-11)9-14-15-12(13)16/h4-6,8-9H,2-3,7H2,1H3,(H3,13,15,16)/b14-9-. The van der Waals surface area contributed by atoms with E-state index in [0.717, 1.165) is 24.2 Å². The molecular weight excluding hydrogens is 218 g/mol. The summed E-state index contributed by atoms with van der Waals surface area (Å²) in [5.41, 5.74) is 7.85. The Bertz CT molecular complexity index is 391. The van der Waals surface area contributed by atoms with Gasteiger partial charge >= 0.3 is 6.03 Å². The Hall–Kier alpha value is -2.04. The van der Waals surface area contributed by atoms with Crippen LogP contribution in [0, 0.1) is 0 Å². The summed E-state index contributed by atoms with van der Waals surface area (Å²) in [6.45, 7) is 2.82. The van der Waals surface area contributed by atoms with Gasteiger partial charge in [0.2, 0.25) is 0 Å². The molecule has 0 aliphatic carbocycles. The Labute approximate surface area is 101 Å². The van der Waals surface area contributed by atoms with Crippen molar-refractivity contribution in [1.82, 2.24) is 5.43 Å². The van der Waals surface area contributed by atoms with Gasteiger partial charge in [0.05, 0.1) is 12.8 Å². The fourth-order valence-electron chi connectivity index (χ4n) is 1.19. The second-order valence-electron chi connectivity index (χ2n) is 3.51. The Balaban J connectivity index is 2.53. The third-order valence-electron chi connectivity index (χ3n) is 2.01. The van der Waals surface area contributed by atoms with E-state index in [-0.39, 0.29) is 0 Å². The zero-order valence-corrected chi connectivity index (χ0v) is 9.85. The van der Waals surface area contributed by atoms with Crippen LogP contribution in [0.4, 0.5) is 4.79 Å². The first kappa shape index (κ1) is 13.0. The Morgan fingerprint density at radius 3 is 3.12 bits per heavy atom. The summed E-state index contributed by atoms with van der Waals surface area (Å²) < 4.78 is 5.54. The highest BCUT2D eigenvalue weighted by Crippen LogP contribution is 2.12. The van der Waals surface area contributed by atoms with Crippen molar-refractivity contribution in [3.63, 3.8) is 0 Å². The lowest BCUT2D eigenvalue weighted by atomic mass is 10.2. The number of nitrogens with zero attached hydrogens (tertiary/aromatic N) is 1. The van der Waals surface area contributed by atoms with Gasteiger partial charge in [0.25, 0.3) is 0 Å². The van der Waals surface area contributed by atoms with E-state index >= 15 is 0 Å². The number of nitrogens with one attached hydrogen (secondary N) is 1. The van der Waals surface area contributed by atoms with Crippen molar-refractivity contribution in [1.29, 1.82) is 0 Å². The minimum atomic E-state index is -0.684. The molecule has 0 atom stereocenters. The molecule has 1 aromatic carbocycles. The molecule has 0 aliphatic rings. The molecule has 0 bridgehead atoms. The highest BCUT2D eigenvalue weighted by atomic mass is 16.5. The zero-order chi connectivity index (χ0) is 12.5. The molecule has 5 nitrogen and oxygen atoms in total. The third kappa shape index (κ3) is 5.55. The van der Waals surface area contributed by atoms with Crippen LogP contribution < -0.4 is 15.9 Å². The lowest BCUT2D eigenvalue weighted by Gasteiger charge is -2.05. The molecule has 92 valence electrons. The van der Waals surface area contributed by atoms with E-state index < -0.39 is 6.03 Å². The van der Waals surface area contributed by atoms with E-state index in [2.05, 4.69) is 17.5 Å². The number of unbranched alkanes of at least 4 members (excludes halogenated alkanes) is 1. The largest absolute Gasteiger partial charge is 0.494 e. The summed E-state index contributed by atoms with van der Waals surface area (Å²) in [6.07, 6.45) is 3.64. The lowest BCUT2D eigenvalue weighted by molar-refractivity contribution is 0.249. The van der Waals surface area contributed by atoms with Crippen molar-refractivity contribution in [3.8, 4) is 5.75 Å². The number of hydrazone groups is 1. The SMILES string of the molecule is CCCCOc1cccc(/C=N\NC(N)=O)c1. The second kappa shape index (κ2) is 7.27. The van der Waals surface area contributed by atoms with E-state index in [0.29, 0.717) is 6.61 Å². The first-order valence-corrected chi connectivity index (χ1v) is 5.53. The monoisotopic (exact) mass is 235 g/mol. The number of nitrogens with two attached hydrogens (primary N) is 1. The van der Waals surface area contributed by atoms with Crippen LogP contribution in [-0.4, -0.2) is 18.9 Å². The molecule has 3 N–H and O–H groups in total. The predicted octanol–water partition coefficient (Wildman–Crippen LogP) is 1.87. The first-order valence-electron chi connectivity index (χ1n) is 5.53. The smallest absolute Gasteiger partial charge is 0.332 e. The minimum Gasteiger partial charge on any atom is -0.494 e. The number of hydrogen-bond donors (Lipinski definition) is 2. The summed E-state index contributed by atoms with van der Waals surface area (Å²) in [5.74, 6) is 0.793. The van der Waals surface area contributed by atoms with Gasteiger partial charge in [-0.05, 0) is 24.1 Å². The van der Waals surface area contributed by atoms with E-state index in [9.17, 15) is 4.79 Å². The third-order valence-corrected chi connectivity index (χ3v) is 2.01. The van der Waals surface area contributed by atoms with E-state index in [1.54, 1.807) is 0 Å². The molecule has 0 saturated carbocycles. The van der Waals surface area contributed by atoms with Crippen molar-refractivity contribution in [3.05, 3.63) is 29.8 Å². The van der Waals surface area contributed by atoms with Gasteiger partial charge in [-0.3, -0.25) is 0 Å². The number of primary amides is 1. The highest BCUT2D eigenvalue weighted by Gasteiger charge is 1.95. The maximum atomic E-state index is 10.4. The Morgan fingerprint density at radius 2 is 2.41 bits per heavy atom. The Kier molecular flexibility index (Phi) is 5.57. The van der Waals surface area contributed by atoms with Crippen LogP contribution in [0.2, 0.25) is 0 Å². The highest BCUT2D eigenvalue weighted by molar-refractivity contribution is 5.81. The molecule has 0 saturated heterocycles. The molecule has 17 heavy (non-hydrogen) atoms. The van der Waals surface area contributed by atoms with Gasteiger partial charge < -0.3 is 10.5 Å². The van der Waals surface area contributed by atoms with Gasteiger partial charge in [-0.1, -0.05) is 25.5 Å². The van der Waals surface area contributed by atoms with Crippen molar-refractivity contribution >= 4 is 12.2 Å². The number of urea groups is 1. The molecule has 0 aliphatic heterocycles. The van der Waals surface area contributed by atoms with Gasteiger partial charge in [0, 0.05) is 0 Å². The predicted molar refractivity (Wildman–Crippen MR) is 67.2 cm³/mol. The fraction of sp³-hybridized carbons (Fsp3) is 0.333. The second-order valence-corrected chi connectivity index (χ2v) is 3.51. The minimum absolute atomic E-state index is 0.684. The Morgan fingerprint density at radius 1 is 1.59 bits per heavy atom. The van der Waals surface area contributed by atoms with Gasteiger partial charge in [0.1, 0.15) is 5.75 Å². The summed E-state index contributed by atoms with van der Waals surface area (Å²) >= 11 is 0. The number of amides is 2. The number of benzene rings is 1. The van der Waals surface area contributed by atoms with Crippen molar-refractivity contribution < 1.29 is 9.53 Å². The molecular formula is C12H17N3O2. The summed E-state index contributed by atoms with van der Waals surface area (Å²) in [7, 11) is 0. The fourth-order valence-corrected chi connectivity index (χ4v) is 1.19. The van der Waals surface area contributed by atoms with Crippen LogP contribution in [-0.2, 0) is 0 Å². The molecule has 0 radical (unpaired) electrons. The molecule has 2 amide bonds. The molecule has 0 unspecified atom stereocenters. The van der Waals surface area contributed by atoms with E-state index in [1.165, 1.54) is 6.21 Å². The zero-order valence-electron chi connectivity index (χ0n) is 9.85. The van der Waals surface area contributed by atoms with Crippen LogP contribution in [0.25, 0.3) is 0 Å². The van der Waals surface area contributed by atoms with E-state index in [1.807, 2.05) is 24.3 Å². The molecule has 1 rings (SSSR count). The van der Waals surface area contributed by atoms with Crippen molar-refractivity contribution in [2.75, 3.05) is 6.61 Å². The van der Waals surface area contributed by atoms with Gasteiger partial charge in [-0.15, -0.1) is 0 Å². The lowest BCUT2D eigenvalue weighted by Crippen LogP contribution is -2.24. The maximum Gasteiger partial charge on any atom is 0.332 e. The van der Waals surface area contributed by atoms with Gasteiger partial charge in [0.15, 0.2) is 0 Å². The maximum absolute atomic E-state index is 10.4. The summed E-state index contributed by atoms with van der Waals surface area (Å²) in [5, 5.41) is 3.67. The van der Waals surface area contributed by atoms with Crippen LogP contribution in [0.1, 0.15) is 25.3 Å². The summed E-state index contributed by atoms with van der Waals surface area (Å²) in [6, 6.07) is 6.78. The molecule has 0 aromatic heterocycles. The molecule has 0 spiro atoms. The normalized spacial score (nSPS) is 10.4. The number of rotatable bonds is 6. The molecule has 1 aromatic rings. The quantitative estimate of drug-likeness (QED) is 0.448. The molecule has 0 fully saturated rings. The number of carbonyl (C=O) groups excluding carboxylic acids is 1. The van der Waals surface area contributed by atoms with Crippen LogP contribution in [0.5, 0.6) is 5.75 Å². The van der Waals surface area contributed by atoms with Gasteiger partial charge in [-0.2, -0.15) is 5.10 Å². The average molecular weight is 235 g/mol. The summed E-state index contributed by atoms with van der Waals surface area (Å²) in [4.78, 5) is 10.4. The van der Waals surface area contributed by atoms with Gasteiger partial charge in [-0.25, -0.2) is 10.2 Å². The van der Waals surface area contributed by atoms with Crippen LogP contribution in [0.3, 0.4) is 0 Å².